The van der Waals surface area contributed by atoms with Gasteiger partial charge in [-0.3, -0.25) is 14.4 Å². The van der Waals surface area contributed by atoms with Crippen molar-refractivity contribution in [2.45, 2.75) is 27.7 Å². The number of anilines is 2. The summed E-state index contributed by atoms with van der Waals surface area (Å²) < 4.78 is 0. The summed E-state index contributed by atoms with van der Waals surface area (Å²) in [6.07, 6.45) is 6.17. The number of likely N-dealkylation sites (N-methyl/N-ethyl adjacent to an activating group) is 1. The number of carbonyl (C=O) groups is 3. The van der Waals surface area contributed by atoms with E-state index in [0.717, 1.165) is 25.2 Å². The average Bonchev–Trinajstić information content (AvgIpc) is 3.63. The molecular formula is C29H32N8O3. The lowest BCUT2D eigenvalue weighted by atomic mass is 10.0. The average molecular weight is 541 g/mol. The fourth-order valence-corrected chi connectivity index (χ4v) is 4.61. The molecule has 0 saturated heterocycles. The molecule has 0 unspecified atom stereocenters. The monoisotopic (exact) mass is 540 g/mol. The number of nitrogens with zero attached hydrogens (tertiary/aromatic N) is 3. The van der Waals surface area contributed by atoms with Crippen LogP contribution in [0.1, 0.15) is 52.5 Å². The van der Waals surface area contributed by atoms with Crippen LogP contribution >= 0.6 is 0 Å². The number of benzene rings is 1. The van der Waals surface area contributed by atoms with Crippen molar-refractivity contribution in [2.24, 2.45) is 0 Å². The summed E-state index contributed by atoms with van der Waals surface area (Å²) in [4.78, 5) is 50.8. The molecule has 3 amide bonds. The van der Waals surface area contributed by atoms with Crippen molar-refractivity contribution >= 4 is 46.8 Å². The van der Waals surface area contributed by atoms with Crippen LogP contribution in [0, 0.1) is 25.2 Å². The number of H-pyrrole nitrogens is 2. The molecule has 206 valence electrons. The first kappa shape index (κ1) is 28.1. The van der Waals surface area contributed by atoms with Crippen molar-refractivity contribution in [2.75, 3.05) is 36.8 Å². The second kappa shape index (κ2) is 12.3. The predicted molar refractivity (Wildman–Crippen MR) is 154 cm³/mol. The van der Waals surface area contributed by atoms with Crippen LogP contribution < -0.4 is 16.0 Å². The van der Waals surface area contributed by atoms with Gasteiger partial charge in [0.2, 0.25) is 0 Å². The van der Waals surface area contributed by atoms with E-state index in [4.69, 9.17) is 0 Å². The molecule has 1 aliphatic rings. The molecule has 0 aliphatic carbocycles. The van der Waals surface area contributed by atoms with Gasteiger partial charge in [0.05, 0.1) is 11.1 Å². The van der Waals surface area contributed by atoms with E-state index in [2.05, 4.69) is 49.6 Å². The van der Waals surface area contributed by atoms with Gasteiger partial charge in [0.1, 0.15) is 17.5 Å². The van der Waals surface area contributed by atoms with Gasteiger partial charge in [0, 0.05) is 59.9 Å². The molecule has 3 aromatic rings. The van der Waals surface area contributed by atoms with Crippen LogP contribution in [0.3, 0.4) is 0 Å². The Morgan fingerprint density at radius 3 is 2.65 bits per heavy atom. The fraction of sp³-hybridized carbons (Fsp3) is 0.276. The van der Waals surface area contributed by atoms with E-state index >= 15 is 0 Å². The van der Waals surface area contributed by atoms with Crippen LogP contribution in [-0.2, 0) is 9.59 Å². The number of rotatable bonds is 10. The molecule has 11 nitrogen and oxygen atoms in total. The Labute approximate surface area is 232 Å². The molecule has 1 aromatic carbocycles. The summed E-state index contributed by atoms with van der Waals surface area (Å²) in [5, 5.41) is 18.0. The van der Waals surface area contributed by atoms with Crippen molar-refractivity contribution in [1.29, 1.82) is 5.26 Å². The second-order valence-electron chi connectivity index (χ2n) is 9.32. The number of nitrogens with one attached hydrogen (secondary N) is 5. The Morgan fingerprint density at radius 2 is 1.98 bits per heavy atom. The molecule has 11 heteroatoms. The van der Waals surface area contributed by atoms with Crippen LogP contribution in [0.4, 0.5) is 11.4 Å². The van der Waals surface area contributed by atoms with Gasteiger partial charge in [-0.15, -0.1) is 0 Å². The minimum Gasteiger partial charge on any atom is -0.358 e. The number of aromatic nitrogens is 3. The maximum atomic E-state index is 13.0. The minimum atomic E-state index is -0.603. The number of imidazole rings is 1. The molecule has 0 radical (unpaired) electrons. The zero-order chi connectivity index (χ0) is 28.8. The number of hydrogen-bond donors (Lipinski definition) is 5. The minimum absolute atomic E-state index is 0.124. The highest BCUT2D eigenvalue weighted by molar-refractivity contribution is 6.35. The quantitative estimate of drug-likeness (QED) is 0.196. The number of fused-ring (bicyclic) bond motifs is 1. The fourth-order valence-electron chi connectivity index (χ4n) is 4.61. The first-order chi connectivity index (χ1) is 19.2. The van der Waals surface area contributed by atoms with E-state index < -0.39 is 5.91 Å². The van der Waals surface area contributed by atoms with Gasteiger partial charge in [-0.1, -0.05) is 13.8 Å². The highest BCUT2D eigenvalue weighted by Crippen LogP contribution is 2.36. The Hall–Kier alpha value is -4.95. The highest BCUT2D eigenvalue weighted by atomic mass is 16.2. The van der Waals surface area contributed by atoms with E-state index in [1.807, 2.05) is 19.9 Å². The number of aryl methyl sites for hydroxylation is 1. The third-order valence-corrected chi connectivity index (χ3v) is 6.83. The maximum absolute atomic E-state index is 13.0. The summed E-state index contributed by atoms with van der Waals surface area (Å²) in [7, 11) is 0. The number of carbonyl (C=O) groups excluding carboxylic acids is 3. The van der Waals surface area contributed by atoms with Gasteiger partial charge in [0.15, 0.2) is 0 Å². The van der Waals surface area contributed by atoms with Gasteiger partial charge in [-0.05, 0) is 56.8 Å². The molecule has 5 N–H and O–H groups in total. The topological polar surface area (TPSA) is 159 Å². The zero-order valence-electron chi connectivity index (χ0n) is 22.9. The molecule has 3 heterocycles. The third kappa shape index (κ3) is 6.03. The second-order valence-corrected chi connectivity index (χ2v) is 9.32. The first-order valence-corrected chi connectivity index (χ1v) is 13.0. The van der Waals surface area contributed by atoms with Crippen LogP contribution in [0.5, 0.6) is 0 Å². The van der Waals surface area contributed by atoms with E-state index in [1.165, 1.54) is 12.3 Å². The van der Waals surface area contributed by atoms with Gasteiger partial charge in [-0.25, -0.2) is 4.98 Å². The number of hydrogen-bond acceptors (Lipinski definition) is 6. The highest BCUT2D eigenvalue weighted by Gasteiger charge is 2.26. The molecule has 1 aliphatic heterocycles. The van der Waals surface area contributed by atoms with E-state index in [0.29, 0.717) is 51.8 Å². The summed E-state index contributed by atoms with van der Waals surface area (Å²) in [6, 6.07) is 6.89. The van der Waals surface area contributed by atoms with Crippen LogP contribution in [-0.4, -0.2) is 63.8 Å². The van der Waals surface area contributed by atoms with Gasteiger partial charge < -0.3 is 30.8 Å². The van der Waals surface area contributed by atoms with Crippen molar-refractivity contribution in [3.8, 4) is 6.07 Å². The summed E-state index contributed by atoms with van der Waals surface area (Å²) >= 11 is 0. The van der Waals surface area contributed by atoms with Crippen LogP contribution in [0.15, 0.2) is 36.2 Å². The Balaban J connectivity index is 1.56. The number of amides is 3. The van der Waals surface area contributed by atoms with Gasteiger partial charge >= 0.3 is 0 Å². The lowest BCUT2D eigenvalue weighted by Gasteiger charge is -2.18. The number of nitriles is 1. The number of aromatic amines is 2. The van der Waals surface area contributed by atoms with Crippen molar-refractivity contribution in [3.63, 3.8) is 0 Å². The molecule has 0 atom stereocenters. The van der Waals surface area contributed by atoms with Crippen LogP contribution in [0.25, 0.3) is 17.7 Å². The molecule has 4 rings (SSSR count). The zero-order valence-corrected chi connectivity index (χ0v) is 22.9. The van der Waals surface area contributed by atoms with E-state index in [9.17, 15) is 19.6 Å². The molecule has 0 bridgehead atoms. The molecular weight excluding hydrogens is 508 g/mol. The Kier molecular flexibility index (Phi) is 8.61. The summed E-state index contributed by atoms with van der Waals surface area (Å²) in [5.41, 5.74) is 4.50. The standard InChI is InChI=1S/C29H32N8O3/c1-5-37(6-2)12-11-33-29(40)26-17(3)24(34-18(26)4)15-22-21-14-20(7-8-23(21)36-28(22)39)35-27(38)19(16-30)13-25-31-9-10-32-25/h7-10,13-15,34H,5-6,11-12H2,1-4H3,(H,31,32)(H,33,40)(H,35,38)(H,36,39). The SMILES string of the molecule is CCN(CC)CCNC(=O)c1c(C)[nH]c(C=C2C(=O)Nc3ccc(NC(=O)C(C#N)=Cc4ncc[nH]4)cc32)c1C. The molecule has 0 spiro atoms. The van der Waals surface area contributed by atoms with Crippen molar-refractivity contribution < 1.29 is 14.4 Å². The normalized spacial score (nSPS) is 13.8. The van der Waals surface area contributed by atoms with E-state index in [1.54, 1.807) is 30.5 Å². The predicted octanol–water partition coefficient (Wildman–Crippen LogP) is 3.46. The largest absolute Gasteiger partial charge is 0.358 e. The Bertz CT molecular complexity index is 1540. The lowest BCUT2D eigenvalue weighted by molar-refractivity contribution is -0.112. The van der Waals surface area contributed by atoms with E-state index in [-0.39, 0.29) is 17.4 Å². The lowest BCUT2D eigenvalue weighted by Crippen LogP contribution is -2.35. The van der Waals surface area contributed by atoms with Crippen molar-refractivity contribution in [1.82, 2.24) is 25.2 Å². The molecule has 0 fully saturated rings. The van der Waals surface area contributed by atoms with Crippen molar-refractivity contribution in [3.05, 3.63) is 70.1 Å². The van der Waals surface area contributed by atoms with Crippen LogP contribution in [0.2, 0.25) is 0 Å². The Morgan fingerprint density at radius 1 is 1.20 bits per heavy atom. The maximum Gasteiger partial charge on any atom is 0.266 e. The molecule has 2 aromatic heterocycles. The smallest absolute Gasteiger partial charge is 0.266 e. The molecule has 40 heavy (non-hydrogen) atoms. The summed E-state index contributed by atoms with van der Waals surface area (Å²) in [6.45, 7) is 11.0. The van der Waals surface area contributed by atoms with Gasteiger partial charge in [0.25, 0.3) is 17.7 Å². The first-order valence-electron chi connectivity index (χ1n) is 13.0. The summed E-state index contributed by atoms with van der Waals surface area (Å²) in [5.74, 6) is -0.686. The third-order valence-electron chi connectivity index (χ3n) is 6.83. The van der Waals surface area contributed by atoms with Gasteiger partial charge in [-0.2, -0.15) is 5.26 Å². The molecule has 0 saturated carbocycles.